The molecule has 9 heteroatoms. The summed E-state index contributed by atoms with van der Waals surface area (Å²) in [4.78, 5) is 26.8. The molecule has 0 unspecified atom stereocenters. The predicted octanol–water partition coefficient (Wildman–Crippen LogP) is 2.45. The second-order valence-electron chi connectivity index (χ2n) is 5.84. The number of aromatic nitrogens is 4. The minimum absolute atomic E-state index is 0.228. The number of benzene rings is 1. The molecule has 25 heavy (non-hydrogen) atoms. The zero-order chi connectivity index (χ0) is 17.7. The molecule has 0 N–H and O–H groups in total. The summed E-state index contributed by atoms with van der Waals surface area (Å²) in [6, 6.07) is 6.93. The molecule has 0 radical (unpaired) electrons. The second kappa shape index (κ2) is 5.69. The number of carbonyl (C=O) groups is 1. The lowest BCUT2D eigenvalue weighted by molar-refractivity contribution is 0.250. The van der Waals surface area contributed by atoms with Crippen molar-refractivity contribution in [2.45, 2.75) is 26.9 Å². The summed E-state index contributed by atoms with van der Waals surface area (Å²) in [6.07, 6.45) is 0. The summed E-state index contributed by atoms with van der Waals surface area (Å²) in [5.74, 6) is 1.06. The average molecular weight is 404 g/mol. The van der Waals surface area contributed by atoms with E-state index in [1.165, 1.54) is 9.58 Å². The smallest absolute Gasteiger partial charge is 0.354 e. The molecule has 3 aromatic rings. The third-order valence-electron chi connectivity index (χ3n) is 4.26. The van der Waals surface area contributed by atoms with E-state index in [1.54, 1.807) is 13.8 Å². The minimum Gasteiger partial charge on any atom is -0.361 e. The van der Waals surface area contributed by atoms with Crippen molar-refractivity contribution < 1.29 is 9.32 Å². The van der Waals surface area contributed by atoms with E-state index in [2.05, 4.69) is 26.2 Å². The van der Waals surface area contributed by atoms with E-state index in [-0.39, 0.29) is 13.1 Å². The Balaban J connectivity index is 1.66. The van der Waals surface area contributed by atoms with Crippen LogP contribution < -0.4 is 10.6 Å². The number of hydrogen-bond donors (Lipinski definition) is 0. The quantitative estimate of drug-likeness (QED) is 0.670. The third-order valence-corrected chi connectivity index (χ3v) is 4.78. The van der Waals surface area contributed by atoms with Crippen LogP contribution in [0.15, 0.2) is 38.1 Å². The lowest BCUT2D eigenvalue weighted by Crippen LogP contribution is -2.35. The van der Waals surface area contributed by atoms with Crippen molar-refractivity contribution in [1.82, 2.24) is 19.5 Å². The fourth-order valence-electron chi connectivity index (χ4n) is 2.88. The lowest BCUT2D eigenvalue weighted by atomic mass is 10.2. The van der Waals surface area contributed by atoms with Crippen LogP contribution in [0.5, 0.6) is 0 Å². The van der Waals surface area contributed by atoms with Crippen molar-refractivity contribution in [2.75, 3.05) is 4.90 Å². The number of carbonyl (C=O) groups excluding carboxylic acids is 1. The molecule has 4 rings (SSSR count). The Labute approximate surface area is 150 Å². The van der Waals surface area contributed by atoms with E-state index < -0.39 is 11.7 Å². The monoisotopic (exact) mass is 403 g/mol. The van der Waals surface area contributed by atoms with Gasteiger partial charge in [0.15, 0.2) is 5.82 Å². The van der Waals surface area contributed by atoms with Crippen LogP contribution in [0.2, 0.25) is 0 Å². The highest BCUT2D eigenvalue weighted by Crippen LogP contribution is 2.24. The zero-order valence-electron chi connectivity index (χ0n) is 13.6. The fraction of sp³-hybridized carbons (Fsp3) is 0.250. The van der Waals surface area contributed by atoms with Crippen molar-refractivity contribution in [3.8, 4) is 0 Å². The lowest BCUT2D eigenvalue weighted by Gasteiger charge is -2.14. The Morgan fingerprint density at radius 1 is 1.20 bits per heavy atom. The standard InChI is InChI=1S/C16H14BrN5O3/c1-9-13(10(2)25-19-9)7-21-16(24)22-14(18-21)8-20(15(22)23)12-5-3-11(17)4-6-12/h3-6H,7-8H2,1-2H3. The molecule has 0 saturated carbocycles. The molecule has 0 aliphatic carbocycles. The number of nitrogens with zero attached hydrogens (tertiary/aromatic N) is 5. The fourth-order valence-corrected chi connectivity index (χ4v) is 3.14. The van der Waals surface area contributed by atoms with E-state index >= 15 is 0 Å². The topological polar surface area (TPSA) is 86.2 Å². The summed E-state index contributed by atoms with van der Waals surface area (Å²) < 4.78 is 8.42. The van der Waals surface area contributed by atoms with Crippen LogP contribution >= 0.6 is 15.9 Å². The van der Waals surface area contributed by atoms with E-state index in [0.717, 1.165) is 20.3 Å². The number of hydrogen-bond acceptors (Lipinski definition) is 5. The van der Waals surface area contributed by atoms with Gasteiger partial charge in [-0.1, -0.05) is 21.1 Å². The Hall–Kier alpha value is -2.68. The Morgan fingerprint density at radius 2 is 1.92 bits per heavy atom. The van der Waals surface area contributed by atoms with Crippen molar-refractivity contribution >= 4 is 27.6 Å². The number of amides is 1. The van der Waals surface area contributed by atoms with Crippen molar-refractivity contribution in [2.24, 2.45) is 0 Å². The number of halogens is 1. The molecule has 0 saturated heterocycles. The van der Waals surface area contributed by atoms with Gasteiger partial charge in [-0.2, -0.15) is 9.67 Å². The van der Waals surface area contributed by atoms with Crippen LogP contribution in [0, 0.1) is 13.8 Å². The van der Waals surface area contributed by atoms with Crippen LogP contribution in [-0.4, -0.2) is 25.5 Å². The average Bonchev–Trinajstić information content (AvgIpc) is 3.19. The van der Waals surface area contributed by atoms with Gasteiger partial charge in [0.05, 0.1) is 18.8 Å². The maximum Gasteiger partial charge on any atom is 0.354 e. The molecule has 8 nitrogen and oxygen atoms in total. The Kier molecular flexibility index (Phi) is 3.60. The van der Waals surface area contributed by atoms with Crippen molar-refractivity contribution in [3.63, 3.8) is 0 Å². The SMILES string of the molecule is Cc1noc(C)c1Cn1nc2n(c1=O)C(=O)N(c1ccc(Br)cc1)C2. The molecule has 0 bridgehead atoms. The second-order valence-corrected chi connectivity index (χ2v) is 6.76. The van der Waals surface area contributed by atoms with Gasteiger partial charge in [0.1, 0.15) is 5.76 Å². The summed E-state index contributed by atoms with van der Waals surface area (Å²) in [6.45, 7) is 4.07. The van der Waals surface area contributed by atoms with Gasteiger partial charge in [-0.3, -0.25) is 4.90 Å². The normalized spacial score (nSPS) is 13.6. The molecule has 0 fully saturated rings. The van der Waals surface area contributed by atoms with E-state index in [4.69, 9.17) is 4.52 Å². The number of rotatable bonds is 3. The van der Waals surface area contributed by atoms with Crippen LogP contribution in [0.4, 0.5) is 10.5 Å². The van der Waals surface area contributed by atoms with E-state index in [0.29, 0.717) is 17.3 Å². The predicted molar refractivity (Wildman–Crippen MR) is 92.7 cm³/mol. The molecule has 2 aromatic heterocycles. The molecule has 1 amide bonds. The largest absolute Gasteiger partial charge is 0.361 e. The molecule has 1 aliphatic rings. The maximum atomic E-state index is 12.6. The highest BCUT2D eigenvalue weighted by Gasteiger charge is 2.33. The zero-order valence-corrected chi connectivity index (χ0v) is 15.1. The number of aryl methyl sites for hydroxylation is 2. The van der Waals surface area contributed by atoms with Crippen LogP contribution in [0.1, 0.15) is 22.8 Å². The van der Waals surface area contributed by atoms with Gasteiger partial charge in [-0.15, -0.1) is 0 Å². The first-order valence-electron chi connectivity index (χ1n) is 7.63. The number of fused-ring (bicyclic) bond motifs is 1. The first kappa shape index (κ1) is 15.8. The number of anilines is 1. The summed E-state index contributed by atoms with van der Waals surface area (Å²) in [5.41, 5.74) is 1.77. The molecule has 0 spiro atoms. The Morgan fingerprint density at radius 3 is 2.52 bits per heavy atom. The van der Waals surface area contributed by atoms with Crippen LogP contribution in [0.25, 0.3) is 0 Å². The van der Waals surface area contributed by atoms with Gasteiger partial charge in [-0.25, -0.2) is 14.3 Å². The van der Waals surface area contributed by atoms with E-state index in [1.807, 2.05) is 24.3 Å². The molecular formula is C16H14BrN5O3. The van der Waals surface area contributed by atoms with Gasteiger partial charge < -0.3 is 4.52 Å². The van der Waals surface area contributed by atoms with Gasteiger partial charge >= 0.3 is 11.7 Å². The Bertz CT molecular complexity index is 1010. The highest BCUT2D eigenvalue weighted by molar-refractivity contribution is 9.10. The summed E-state index contributed by atoms with van der Waals surface area (Å²) >= 11 is 3.36. The van der Waals surface area contributed by atoms with Gasteiger partial charge in [0.25, 0.3) is 0 Å². The molecule has 0 atom stereocenters. The third kappa shape index (κ3) is 2.51. The molecular weight excluding hydrogens is 390 g/mol. The maximum absolute atomic E-state index is 12.6. The minimum atomic E-state index is -0.459. The van der Waals surface area contributed by atoms with Crippen LogP contribution in [0.3, 0.4) is 0 Å². The van der Waals surface area contributed by atoms with Gasteiger partial charge in [-0.05, 0) is 38.1 Å². The molecule has 128 valence electrons. The first-order chi connectivity index (χ1) is 12.0. The van der Waals surface area contributed by atoms with Gasteiger partial charge in [0.2, 0.25) is 0 Å². The van der Waals surface area contributed by atoms with Crippen molar-refractivity contribution in [3.05, 3.63) is 62.1 Å². The molecule has 1 aliphatic heterocycles. The van der Waals surface area contributed by atoms with Crippen molar-refractivity contribution in [1.29, 1.82) is 0 Å². The summed E-state index contributed by atoms with van der Waals surface area (Å²) in [7, 11) is 0. The van der Waals surface area contributed by atoms with Gasteiger partial charge in [0, 0.05) is 15.7 Å². The molecule has 3 heterocycles. The first-order valence-corrected chi connectivity index (χ1v) is 8.43. The molecule has 1 aromatic carbocycles. The summed E-state index contributed by atoms with van der Waals surface area (Å²) in [5, 5.41) is 8.19. The van der Waals surface area contributed by atoms with E-state index in [9.17, 15) is 9.59 Å². The van der Waals surface area contributed by atoms with Crippen LogP contribution in [-0.2, 0) is 13.1 Å². The highest BCUT2D eigenvalue weighted by atomic mass is 79.9.